The molecule has 0 spiro atoms. The third-order valence-corrected chi connectivity index (χ3v) is 1.48. The molecule has 1 unspecified atom stereocenters. The molecule has 3 nitrogen and oxygen atoms in total. The highest BCUT2D eigenvalue weighted by molar-refractivity contribution is 5.81. The smallest absolute Gasteiger partial charge is 0.346 e. The molecule has 0 aromatic carbocycles. The van der Waals surface area contributed by atoms with Gasteiger partial charge in [0.2, 0.25) is 5.91 Å². The first-order valence-corrected chi connectivity index (χ1v) is 3.84. The lowest BCUT2D eigenvalue weighted by atomic mass is 10.1. The van der Waals surface area contributed by atoms with Crippen LogP contribution in [0.15, 0.2) is 0 Å². The fourth-order valence-electron chi connectivity index (χ4n) is 0.608. The van der Waals surface area contributed by atoms with Gasteiger partial charge in [-0.15, -0.1) is 0 Å². The molecular weight excluding hydrogens is 185 g/mol. The van der Waals surface area contributed by atoms with Crippen LogP contribution in [0, 0.1) is 5.92 Å². The van der Waals surface area contributed by atoms with Crippen molar-refractivity contribution in [3.63, 3.8) is 0 Å². The molecule has 0 aromatic heterocycles. The summed E-state index contributed by atoms with van der Waals surface area (Å²) in [5, 5.41) is 1.71. The van der Waals surface area contributed by atoms with Crippen LogP contribution < -0.4 is 11.1 Å². The van der Waals surface area contributed by atoms with Crippen molar-refractivity contribution in [3.8, 4) is 0 Å². The van der Waals surface area contributed by atoms with E-state index in [1.807, 2.05) is 0 Å². The number of halogens is 3. The molecule has 0 aromatic rings. The fraction of sp³-hybridized carbons (Fsp3) is 0.857. The minimum atomic E-state index is -4.38. The second kappa shape index (κ2) is 4.45. The SMILES string of the molecule is CC(C)C(N)C(=O)NCC(F)(F)F. The maximum absolute atomic E-state index is 11.6. The van der Waals surface area contributed by atoms with Gasteiger partial charge in [0.05, 0.1) is 6.04 Å². The van der Waals surface area contributed by atoms with Crippen molar-refractivity contribution in [2.45, 2.75) is 26.1 Å². The Labute approximate surface area is 74.5 Å². The number of nitrogens with one attached hydrogen (secondary N) is 1. The Bertz CT molecular complexity index is 179. The number of hydrogen-bond acceptors (Lipinski definition) is 2. The zero-order valence-electron chi connectivity index (χ0n) is 7.48. The van der Waals surface area contributed by atoms with E-state index in [-0.39, 0.29) is 5.92 Å². The summed E-state index contributed by atoms with van der Waals surface area (Å²) in [6.45, 7) is 2.00. The normalized spacial score (nSPS) is 14.4. The van der Waals surface area contributed by atoms with Gasteiger partial charge >= 0.3 is 6.18 Å². The monoisotopic (exact) mass is 198 g/mol. The maximum Gasteiger partial charge on any atom is 0.405 e. The Balaban J connectivity index is 3.89. The molecule has 1 amide bonds. The number of rotatable bonds is 3. The summed E-state index contributed by atoms with van der Waals surface area (Å²) in [6, 6.07) is -0.887. The summed E-state index contributed by atoms with van der Waals surface area (Å²) >= 11 is 0. The summed E-state index contributed by atoms with van der Waals surface area (Å²) in [7, 11) is 0. The molecule has 0 saturated carbocycles. The van der Waals surface area contributed by atoms with Gasteiger partial charge in [0.25, 0.3) is 0 Å². The van der Waals surface area contributed by atoms with E-state index in [1.165, 1.54) is 0 Å². The number of alkyl halides is 3. The van der Waals surface area contributed by atoms with Crippen molar-refractivity contribution in [1.82, 2.24) is 5.32 Å². The minimum Gasteiger partial charge on any atom is -0.346 e. The molecule has 0 bridgehead atoms. The van der Waals surface area contributed by atoms with Crippen LogP contribution in [0.1, 0.15) is 13.8 Å². The predicted octanol–water partition coefficient (Wildman–Crippen LogP) is 0.648. The predicted molar refractivity (Wildman–Crippen MR) is 41.9 cm³/mol. The van der Waals surface area contributed by atoms with Gasteiger partial charge in [-0.3, -0.25) is 4.79 Å². The first kappa shape index (κ1) is 12.2. The molecule has 1 atom stereocenters. The standard InChI is InChI=1S/C7H13F3N2O/c1-4(2)5(11)6(13)12-3-7(8,9)10/h4-5H,3,11H2,1-2H3,(H,12,13). The van der Waals surface area contributed by atoms with Crippen molar-refractivity contribution in [2.75, 3.05) is 6.54 Å². The Hall–Kier alpha value is -0.780. The highest BCUT2D eigenvalue weighted by Gasteiger charge is 2.29. The largest absolute Gasteiger partial charge is 0.405 e. The van der Waals surface area contributed by atoms with Crippen LogP contribution in [-0.4, -0.2) is 24.7 Å². The molecule has 0 heterocycles. The lowest BCUT2D eigenvalue weighted by molar-refractivity contribution is -0.139. The van der Waals surface area contributed by atoms with Crippen LogP contribution >= 0.6 is 0 Å². The van der Waals surface area contributed by atoms with Gasteiger partial charge in [-0.25, -0.2) is 0 Å². The quantitative estimate of drug-likeness (QED) is 0.699. The van der Waals surface area contributed by atoms with E-state index < -0.39 is 24.7 Å². The van der Waals surface area contributed by atoms with E-state index in [9.17, 15) is 18.0 Å². The third-order valence-electron chi connectivity index (χ3n) is 1.48. The van der Waals surface area contributed by atoms with Crippen molar-refractivity contribution in [1.29, 1.82) is 0 Å². The van der Waals surface area contributed by atoms with Gasteiger partial charge in [-0.1, -0.05) is 13.8 Å². The fourth-order valence-corrected chi connectivity index (χ4v) is 0.608. The van der Waals surface area contributed by atoms with Crippen molar-refractivity contribution in [3.05, 3.63) is 0 Å². The molecule has 0 fully saturated rings. The summed E-state index contributed by atoms with van der Waals surface area (Å²) < 4.78 is 34.9. The Morgan fingerprint density at radius 3 is 2.23 bits per heavy atom. The zero-order chi connectivity index (χ0) is 10.6. The molecule has 3 N–H and O–H groups in total. The van der Waals surface area contributed by atoms with E-state index in [1.54, 1.807) is 19.2 Å². The molecule has 0 saturated heterocycles. The highest BCUT2D eigenvalue weighted by atomic mass is 19.4. The summed E-state index contributed by atoms with van der Waals surface area (Å²) in [5.74, 6) is -0.944. The van der Waals surface area contributed by atoms with E-state index in [0.29, 0.717) is 0 Å². The molecule has 13 heavy (non-hydrogen) atoms. The number of carbonyl (C=O) groups is 1. The lowest BCUT2D eigenvalue weighted by Crippen LogP contribution is -2.46. The molecule has 0 aliphatic heterocycles. The lowest BCUT2D eigenvalue weighted by Gasteiger charge is -2.15. The first-order valence-electron chi connectivity index (χ1n) is 3.84. The molecule has 0 radical (unpaired) electrons. The number of hydrogen-bond donors (Lipinski definition) is 2. The van der Waals surface area contributed by atoms with Crippen LogP contribution in [0.25, 0.3) is 0 Å². The van der Waals surface area contributed by atoms with Crippen molar-refractivity contribution < 1.29 is 18.0 Å². The van der Waals surface area contributed by atoms with Crippen LogP contribution in [-0.2, 0) is 4.79 Å². The van der Waals surface area contributed by atoms with E-state index in [2.05, 4.69) is 0 Å². The van der Waals surface area contributed by atoms with Gasteiger partial charge in [-0.2, -0.15) is 13.2 Å². The number of carbonyl (C=O) groups excluding carboxylic acids is 1. The maximum atomic E-state index is 11.6. The van der Waals surface area contributed by atoms with Crippen molar-refractivity contribution >= 4 is 5.91 Å². The number of nitrogens with two attached hydrogens (primary N) is 1. The Morgan fingerprint density at radius 2 is 1.92 bits per heavy atom. The first-order chi connectivity index (χ1) is 5.74. The van der Waals surface area contributed by atoms with Gasteiger partial charge < -0.3 is 11.1 Å². The third kappa shape index (κ3) is 5.46. The minimum absolute atomic E-state index is 0.173. The van der Waals surface area contributed by atoms with Gasteiger partial charge in [-0.05, 0) is 5.92 Å². The van der Waals surface area contributed by atoms with E-state index >= 15 is 0 Å². The highest BCUT2D eigenvalue weighted by Crippen LogP contribution is 2.12. The van der Waals surface area contributed by atoms with Gasteiger partial charge in [0, 0.05) is 0 Å². The second-order valence-electron chi connectivity index (χ2n) is 3.10. The van der Waals surface area contributed by atoms with Crippen LogP contribution in [0.3, 0.4) is 0 Å². The van der Waals surface area contributed by atoms with E-state index in [0.717, 1.165) is 0 Å². The molecule has 78 valence electrons. The van der Waals surface area contributed by atoms with Crippen LogP contribution in [0.5, 0.6) is 0 Å². The van der Waals surface area contributed by atoms with Crippen LogP contribution in [0.4, 0.5) is 13.2 Å². The average molecular weight is 198 g/mol. The summed E-state index contributed by atoms with van der Waals surface area (Å²) in [4.78, 5) is 10.9. The van der Waals surface area contributed by atoms with E-state index in [4.69, 9.17) is 5.73 Å². The average Bonchev–Trinajstić information content (AvgIpc) is 1.97. The second-order valence-corrected chi connectivity index (χ2v) is 3.10. The van der Waals surface area contributed by atoms with Gasteiger partial charge in [0.1, 0.15) is 6.54 Å². The topological polar surface area (TPSA) is 55.1 Å². The van der Waals surface area contributed by atoms with Crippen molar-refractivity contribution in [2.24, 2.45) is 11.7 Å². The molecule has 0 aliphatic carbocycles. The summed E-state index contributed by atoms with van der Waals surface area (Å²) in [6.07, 6.45) is -4.38. The van der Waals surface area contributed by atoms with Gasteiger partial charge in [0.15, 0.2) is 0 Å². The number of amides is 1. The molecule has 6 heteroatoms. The summed E-state index contributed by atoms with van der Waals surface area (Å²) in [5.41, 5.74) is 5.31. The molecular formula is C7H13F3N2O. The molecule has 0 aliphatic rings. The molecule has 0 rings (SSSR count). The van der Waals surface area contributed by atoms with Crippen LogP contribution in [0.2, 0.25) is 0 Å². The zero-order valence-corrected chi connectivity index (χ0v) is 7.48. The Morgan fingerprint density at radius 1 is 1.46 bits per heavy atom. The Kier molecular flexibility index (Phi) is 4.19.